The van der Waals surface area contributed by atoms with Crippen LogP contribution < -0.4 is 4.74 Å². The van der Waals surface area contributed by atoms with Crippen LogP contribution in [0.4, 0.5) is 0 Å². The zero-order valence-electron chi connectivity index (χ0n) is 12.7. The molecule has 1 heterocycles. The van der Waals surface area contributed by atoms with Gasteiger partial charge in [-0.05, 0) is 38.5 Å². The summed E-state index contributed by atoms with van der Waals surface area (Å²) in [5.41, 5.74) is 1.57. The first-order valence-corrected chi connectivity index (χ1v) is 6.83. The van der Waals surface area contributed by atoms with E-state index in [4.69, 9.17) is 9.15 Å². The maximum absolute atomic E-state index is 12.5. The van der Waals surface area contributed by atoms with Gasteiger partial charge in [0.15, 0.2) is 5.76 Å². The summed E-state index contributed by atoms with van der Waals surface area (Å²) in [6.07, 6.45) is 0.912. The molecule has 0 radical (unpaired) electrons. The van der Waals surface area contributed by atoms with E-state index in [1.807, 2.05) is 39.1 Å². The van der Waals surface area contributed by atoms with Crippen LogP contribution in [0.3, 0.4) is 0 Å². The number of carbonyl (C=O) groups excluding carboxylic acids is 1. The molecule has 0 spiro atoms. The van der Waals surface area contributed by atoms with Gasteiger partial charge in [0.1, 0.15) is 11.3 Å². The Hall–Kier alpha value is -1.97. The number of ether oxygens (including phenoxy) is 1. The molecule has 108 valence electrons. The summed E-state index contributed by atoms with van der Waals surface area (Å²) < 4.78 is 10.9. The van der Waals surface area contributed by atoms with Gasteiger partial charge in [0.2, 0.25) is 0 Å². The van der Waals surface area contributed by atoms with Crippen molar-refractivity contribution in [1.82, 2.24) is 4.90 Å². The molecular formula is C16H21NO3. The summed E-state index contributed by atoms with van der Waals surface area (Å²) in [5, 5.41) is 0.922. The van der Waals surface area contributed by atoms with Crippen molar-refractivity contribution in [3.05, 3.63) is 29.5 Å². The van der Waals surface area contributed by atoms with Gasteiger partial charge in [-0.1, -0.05) is 6.92 Å². The Bertz CT molecular complexity index is 630. The van der Waals surface area contributed by atoms with Crippen molar-refractivity contribution in [3.63, 3.8) is 0 Å². The lowest BCUT2D eigenvalue weighted by molar-refractivity contribution is 0.0710. The number of hydrogen-bond acceptors (Lipinski definition) is 3. The van der Waals surface area contributed by atoms with E-state index >= 15 is 0 Å². The van der Waals surface area contributed by atoms with Crippen LogP contribution >= 0.6 is 0 Å². The Morgan fingerprint density at radius 1 is 1.45 bits per heavy atom. The predicted molar refractivity (Wildman–Crippen MR) is 79.3 cm³/mol. The highest BCUT2D eigenvalue weighted by molar-refractivity contribution is 5.99. The topological polar surface area (TPSA) is 42.7 Å². The average Bonchev–Trinajstić information content (AvgIpc) is 2.81. The van der Waals surface area contributed by atoms with Crippen molar-refractivity contribution in [2.24, 2.45) is 0 Å². The van der Waals surface area contributed by atoms with Crippen molar-refractivity contribution < 1.29 is 13.9 Å². The van der Waals surface area contributed by atoms with Crippen molar-refractivity contribution >= 4 is 16.9 Å². The summed E-state index contributed by atoms with van der Waals surface area (Å²) in [6.45, 7) is 5.99. The highest BCUT2D eigenvalue weighted by Crippen LogP contribution is 2.29. The van der Waals surface area contributed by atoms with Gasteiger partial charge in [0.05, 0.1) is 7.11 Å². The highest BCUT2D eigenvalue weighted by atomic mass is 16.5. The fraction of sp³-hybridized carbons (Fsp3) is 0.438. The van der Waals surface area contributed by atoms with Crippen LogP contribution in [0.25, 0.3) is 11.0 Å². The predicted octanol–water partition coefficient (Wildman–Crippen LogP) is 3.62. The van der Waals surface area contributed by atoms with E-state index in [1.54, 1.807) is 12.0 Å². The van der Waals surface area contributed by atoms with Gasteiger partial charge in [-0.25, -0.2) is 0 Å². The molecule has 0 N–H and O–H groups in total. The van der Waals surface area contributed by atoms with Crippen LogP contribution in [0, 0.1) is 6.92 Å². The molecule has 0 aliphatic rings. The minimum Gasteiger partial charge on any atom is -0.497 e. The maximum atomic E-state index is 12.5. The molecule has 1 atom stereocenters. The zero-order valence-corrected chi connectivity index (χ0v) is 12.7. The number of furan rings is 1. The molecule has 0 bridgehead atoms. The third-order valence-corrected chi connectivity index (χ3v) is 3.91. The molecule has 0 aliphatic heterocycles. The van der Waals surface area contributed by atoms with E-state index in [9.17, 15) is 4.79 Å². The summed E-state index contributed by atoms with van der Waals surface area (Å²) in [4.78, 5) is 14.2. The number of methoxy groups -OCH3 is 1. The first-order chi connectivity index (χ1) is 9.49. The maximum Gasteiger partial charge on any atom is 0.289 e. The average molecular weight is 275 g/mol. The van der Waals surface area contributed by atoms with Gasteiger partial charge in [-0.15, -0.1) is 0 Å². The number of nitrogens with zero attached hydrogens (tertiary/aromatic N) is 1. The van der Waals surface area contributed by atoms with Crippen molar-refractivity contribution in [1.29, 1.82) is 0 Å². The molecule has 1 aromatic heterocycles. The summed E-state index contributed by atoms with van der Waals surface area (Å²) in [7, 11) is 3.43. The Morgan fingerprint density at radius 2 is 2.15 bits per heavy atom. The van der Waals surface area contributed by atoms with E-state index in [0.29, 0.717) is 11.3 Å². The van der Waals surface area contributed by atoms with E-state index < -0.39 is 0 Å². The van der Waals surface area contributed by atoms with E-state index in [0.717, 1.165) is 23.1 Å². The monoisotopic (exact) mass is 275 g/mol. The van der Waals surface area contributed by atoms with E-state index in [1.165, 1.54) is 0 Å². The number of benzene rings is 1. The molecule has 2 rings (SSSR count). The van der Waals surface area contributed by atoms with Crippen molar-refractivity contribution in [3.8, 4) is 5.75 Å². The Labute approximate surface area is 119 Å². The molecule has 20 heavy (non-hydrogen) atoms. The largest absolute Gasteiger partial charge is 0.497 e. The molecule has 4 nitrogen and oxygen atoms in total. The lowest BCUT2D eigenvalue weighted by Gasteiger charge is -2.22. The first-order valence-electron chi connectivity index (χ1n) is 6.83. The number of amides is 1. The Kier molecular flexibility index (Phi) is 4.02. The van der Waals surface area contributed by atoms with Crippen LogP contribution in [-0.4, -0.2) is 31.0 Å². The number of aryl methyl sites for hydroxylation is 1. The smallest absolute Gasteiger partial charge is 0.289 e. The minimum atomic E-state index is -0.0768. The summed E-state index contributed by atoms with van der Waals surface area (Å²) in [6, 6.07) is 5.75. The molecule has 0 aliphatic carbocycles. The fourth-order valence-corrected chi connectivity index (χ4v) is 2.17. The van der Waals surface area contributed by atoms with Gasteiger partial charge in [0, 0.05) is 24.0 Å². The summed E-state index contributed by atoms with van der Waals surface area (Å²) in [5.74, 6) is 1.10. The quantitative estimate of drug-likeness (QED) is 0.856. The summed E-state index contributed by atoms with van der Waals surface area (Å²) >= 11 is 0. The standard InChI is InChI=1S/C16H21NO3/c1-6-10(2)17(4)16(18)15-11(3)13-9-12(19-5)7-8-14(13)20-15/h7-10H,6H2,1-5H3. The highest BCUT2D eigenvalue weighted by Gasteiger charge is 2.23. The lowest BCUT2D eigenvalue weighted by atomic mass is 10.1. The second-order valence-electron chi connectivity index (χ2n) is 5.09. The second kappa shape index (κ2) is 5.57. The number of hydrogen-bond donors (Lipinski definition) is 0. The molecule has 1 aromatic carbocycles. The lowest BCUT2D eigenvalue weighted by Crippen LogP contribution is -2.34. The molecule has 0 fully saturated rings. The van der Waals surface area contributed by atoms with Crippen LogP contribution in [0.2, 0.25) is 0 Å². The van der Waals surface area contributed by atoms with Crippen molar-refractivity contribution in [2.45, 2.75) is 33.2 Å². The van der Waals surface area contributed by atoms with Gasteiger partial charge < -0.3 is 14.1 Å². The van der Waals surface area contributed by atoms with Gasteiger partial charge in [0.25, 0.3) is 5.91 Å². The third kappa shape index (κ3) is 2.38. The molecule has 1 unspecified atom stereocenters. The molecule has 1 amide bonds. The third-order valence-electron chi connectivity index (χ3n) is 3.91. The number of carbonyl (C=O) groups is 1. The van der Waals surface area contributed by atoms with Crippen LogP contribution in [0.1, 0.15) is 36.4 Å². The molecule has 4 heteroatoms. The normalized spacial score (nSPS) is 12.4. The van der Waals surface area contributed by atoms with Gasteiger partial charge >= 0.3 is 0 Å². The minimum absolute atomic E-state index is 0.0768. The Balaban J connectivity index is 2.45. The molecule has 0 saturated carbocycles. The van der Waals surface area contributed by atoms with Crippen LogP contribution in [-0.2, 0) is 0 Å². The van der Waals surface area contributed by atoms with E-state index in [-0.39, 0.29) is 11.9 Å². The van der Waals surface area contributed by atoms with Gasteiger partial charge in [-0.2, -0.15) is 0 Å². The Morgan fingerprint density at radius 3 is 2.75 bits per heavy atom. The van der Waals surface area contributed by atoms with E-state index in [2.05, 4.69) is 6.92 Å². The second-order valence-corrected chi connectivity index (χ2v) is 5.09. The number of fused-ring (bicyclic) bond motifs is 1. The molecule has 2 aromatic rings. The first kappa shape index (κ1) is 14.4. The SMILES string of the molecule is CCC(C)N(C)C(=O)c1oc2ccc(OC)cc2c1C. The zero-order chi connectivity index (χ0) is 14.9. The van der Waals surface area contributed by atoms with Crippen molar-refractivity contribution in [2.75, 3.05) is 14.2 Å². The van der Waals surface area contributed by atoms with Crippen LogP contribution in [0.5, 0.6) is 5.75 Å². The van der Waals surface area contributed by atoms with Gasteiger partial charge in [-0.3, -0.25) is 4.79 Å². The van der Waals surface area contributed by atoms with Crippen LogP contribution in [0.15, 0.2) is 22.6 Å². The molecular weight excluding hydrogens is 254 g/mol. The molecule has 0 saturated heterocycles. The number of rotatable bonds is 4. The fourth-order valence-electron chi connectivity index (χ4n) is 2.17.